The second-order valence-electron chi connectivity index (χ2n) is 10.3. The molecule has 1 aromatic heterocycles. The van der Waals surface area contributed by atoms with Gasteiger partial charge in [-0.2, -0.15) is 5.10 Å². The largest absolute Gasteiger partial charge is 0.498 e. The van der Waals surface area contributed by atoms with Crippen LogP contribution in [0.15, 0.2) is 6.20 Å². The van der Waals surface area contributed by atoms with Crippen LogP contribution in [0.1, 0.15) is 71.9 Å². The van der Waals surface area contributed by atoms with Gasteiger partial charge in [-0.25, -0.2) is 0 Å². The Bertz CT molecular complexity index is 657. The molecule has 0 spiro atoms. The van der Waals surface area contributed by atoms with Crippen LogP contribution in [0.4, 0.5) is 0 Å². The molecule has 0 aromatic carbocycles. The smallest absolute Gasteiger partial charge is 0.399 e. The molecule has 4 aliphatic carbocycles. The average Bonchev–Trinajstić information content (AvgIpc) is 2.95. The van der Waals surface area contributed by atoms with E-state index in [1.165, 1.54) is 44.2 Å². The molecule has 0 radical (unpaired) electrons. The lowest BCUT2D eigenvalue weighted by Crippen LogP contribution is -2.52. The van der Waals surface area contributed by atoms with Crippen molar-refractivity contribution in [2.24, 2.45) is 17.8 Å². The molecule has 1 aromatic rings. The second-order valence-corrected chi connectivity index (χ2v) is 10.3. The molecule has 0 amide bonds. The van der Waals surface area contributed by atoms with Crippen LogP contribution in [0.3, 0.4) is 0 Å². The van der Waals surface area contributed by atoms with Crippen LogP contribution in [0.5, 0.6) is 0 Å². The summed E-state index contributed by atoms with van der Waals surface area (Å²) in [5.74, 6) is 2.78. The molecule has 4 nitrogen and oxygen atoms in total. The van der Waals surface area contributed by atoms with Crippen LogP contribution < -0.4 is 5.46 Å². The summed E-state index contributed by atoms with van der Waals surface area (Å²) in [4.78, 5) is 0. The van der Waals surface area contributed by atoms with Crippen LogP contribution in [-0.4, -0.2) is 28.1 Å². The molecule has 0 atom stereocenters. The Morgan fingerprint density at radius 3 is 1.92 bits per heavy atom. The summed E-state index contributed by atoms with van der Waals surface area (Å²) < 4.78 is 14.9. The first-order valence-corrected chi connectivity index (χ1v) is 10.1. The summed E-state index contributed by atoms with van der Waals surface area (Å²) in [6.45, 7) is 10.7. The first-order valence-electron chi connectivity index (χ1n) is 10.1. The molecule has 5 aliphatic rings. The predicted octanol–water partition coefficient (Wildman–Crippen LogP) is 3.42. The Morgan fingerprint density at radius 2 is 1.44 bits per heavy atom. The second kappa shape index (κ2) is 4.92. The monoisotopic (exact) mass is 342 g/mol. The van der Waals surface area contributed by atoms with Gasteiger partial charge in [-0.15, -0.1) is 0 Å². The number of nitrogens with zero attached hydrogens (tertiary/aromatic N) is 2. The molecule has 136 valence electrons. The molecule has 5 fully saturated rings. The number of hydrogen-bond donors (Lipinski definition) is 0. The van der Waals surface area contributed by atoms with E-state index < -0.39 is 0 Å². The van der Waals surface area contributed by atoms with Crippen LogP contribution in [0, 0.1) is 24.7 Å². The molecule has 25 heavy (non-hydrogen) atoms. The fourth-order valence-corrected chi connectivity index (χ4v) is 6.43. The summed E-state index contributed by atoms with van der Waals surface area (Å²) in [6.07, 6.45) is 10.4. The van der Waals surface area contributed by atoms with Crippen LogP contribution in [0.2, 0.25) is 0 Å². The molecule has 1 saturated heterocycles. The van der Waals surface area contributed by atoms with E-state index in [-0.39, 0.29) is 23.9 Å². The van der Waals surface area contributed by atoms with Crippen molar-refractivity contribution in [1.82, 2.24) is 9.78 Å². The molecule has 6 rings (SSSR count). The first kappa shape index (κ1) is 16.4. The molecular formula is C20H31BN2O2. The molecule has 2 heterocycles. The maximum Gasteiger partial charge on any atom is 0.498 e. The van der Waals surface area contributed by atoms with Crippen molar-refractivity contribution in [1.29, 1.82) is 0 Å². The van der Waals surface area contributed by atoms with E-state index in [2.05, 4.69) is 39.3 Å². The van der Waals surface area contributed by atoms with E-state index in [0.29, 0.717) is 0 Å². The van der Waals surface area contributed by atoms with Crippen molar-refractivity contribution in [3.63, 3.8) is 0 Å². The normalized spacial score (nSPS) is 40.8. The van der Waals surface area contributed by atoms with E-state index in [0.717, 1.165) is 23.2 Å². The molecule has 4 saturated carbocycles. The molecule has 0 N–H and O–H groups in total. The molecule has 5 heteroatoms. The maximum absolute atomic E-state index is 6.29. The Morgan fingerprint density at radius 1 is 0.960 bits per heavy atom. The maximum atomic E-state index is 6.29. The zero-order valence-corrected chi connectivity index (χ0v) is 16.3. The molecular weight excluding hydrogens is 311 g/mol. The van der Waals surface area contributed by atoms with Crippen LogP contribution >= 0.6 is 0 Å². The van der Waals surface area contributed by atoms with E-state index in [4.69, 9.17) is 14.4 Å². The zero-order chi connectivity index (χ0) is 17.6. The third-order valence-electron chi connectivity index (χ3n) is 8.01. The summed E-state index contributed by atoms with van der Waals surface area (Å²) in [7, 11) is -0.298. The molecule has 0 unspecified atom stereocenters. The van der Waals surface area contributed by atoms with Gasteiger partial charge in [0.05, 0.1) is 16.7 Å². The van der Waals surface area contributed by atoms with Crippen molar-refractivity contribution in [2.45, 2.75) is 89.9 Å². The van der Waals surface area contributed by atoms with Gasteiger partial charge in [0, 0.05) is 17.4 Å². The van der Waals surface area contributed by atoms with Gasteiger partial charge in [-0.3, -0.25) is 4.68 Å². The van der Waals surface area contributed by atoms with Gasteiger partial charge in [-0.1, -0.05) is 0 Å². The van der Waals surface area contributed by atoms with Crippen molar-refractivity contribution in [3.05, 3.63) is 11.9 Å². The Labute approximate surface area is 151 Å². The summed E-state index contributed by atoms with van der Waals surface area (Å²) in [5, 5.41) is 4.90. The Hall–Kier alpha value is -0.805. The highest BCUT2D eigenvalue weighted by Gasteiger charge is 2.55. The predicted molar refractivity (Wildman–Crippen MR) is 98.8 cm³/mol. The highest BCUT2D eigenvalue weighted by atomic mass is 16.7. The highest BCUT2D eigenvalue weighted by molar-refractivity contribution is 6.62. The first-order chi connectivity index (χ1) is 11.7. The third kappa shape index (κ3) is 2.24. The standard InChI is InChI=1S/C20H31BN2O2/c1-13-17(21-24-18(2,3)19(4,5)25-21)12-22-23(13)20-9-14-6-15(10-20)8-16(7-14)11-20/h12,14-16H,6-11H2,1-5H3. The van der Waals surface area contributed by atoms with E-state index in [1.54, 1.807) is 0 Å². The van der Waals surface area contributed by atoms with Gasteiger partial charge in [0.25, 0.3) is 0 Å². The highest BCUT2D eigenvalue weighted by Crippen LogP contribution is 2.58. The summed E-state index contributed by atoms with van der Waals surface area (Å²) in [5.41, 5.74) is 2.04. The lowest BCUT2D eigenvalue weighted by Gasteiger charge is -2.57. The topological polar surface area (TPSA) is 36.3 Å². The fourth-order valence-electron chi connectivity index (χ4n) is 6.43. The minimum Gasteiger partial charge on any atom is -0.399 e. The Balaban J connectivity index is 1.48. The van der Waals surface area contributed by atoms with Crippen LogP contribution in [0.25, 0.3) is 0 Å². The zero-order valence-electron chi connectivity index (χ0n) is 16.3. The van der Waals surface area contributed by atoms with Gasteiger partial charge in [0.15, 0.2) is 0 Å². The van der Waals surface area contributed by atoms with Crippen LogP contribution in [-0.2, 0) is 14.8 Å². The SMILES string of the molecule is Cc1c(B2OC(C)(C)C(C)(C)O2)cnn1C12CC3CC(CC(C3)C1)C2. The minimum atomic E-state index is -0.299. The van der Waals surface area contributed by atoms with Gasteiger partial charge >= 0.3 is 7.12 Å². The van der Waals surface area contributed by atoms with Crippen molar-refractivity contribution in [2.75, 3.05) is 0 Å². The Kier molecular flexibility index (Phi) is 3.22. The van der Waals surface area contributed by atoms with E-state index in [1.807, 2.05) is 6.20 Å². The molecule has 1 aliphatic heterocycles. The number of hydrogen-bond acceptors (Lipinski definition) is 3. The van der Waals surface area contributed by atoms with E-state index >= 15 is 0 Å². The quantitative estimate of drug-likeness (QED) is 0.773. The molecule has 4 bridgehead atoms. The van der Waals surface area contributed by atoms with Crippen molar-refractivity contribution in [3.8, 4) is 0 Å². The number of rotatable bonds is 2. The van der Waals surface area contributed by atoms with Crippen molar-refractivity contribution >= 4 is 12.6 Å². The van der Waals surface area contributed by atoms with Gasteiger partial charge < -0.3 is 9.31 Å². The van der Waals surface area contributed by atoms with Gasteiger partial charge in [0.2, 0.25) is 0 Å². The fraction of sp³-hybridized carbons (Fsp3) is 0.850. The van der Waals surface area contributed by atoms with Gasteiger partial charge in [0.1, 0.15) is 0 Å². The van der Waals surface area contributed by atoms with Crippen molar-refractivity contribution < 1.29 is 9.31 Å². The van der Waals surface area contributed by atoms with Gasteiger partial charge in [-0.05, 0) is 90.9 Å². The van der Waals surface area contributed by atoms with E-state index in [9.17, 15) is 0 Å². The lowest BCUT2D eigenvalue weighted by molar-refractivity contribution is -0.0503. The third-order valence-corrected chi connectivity index (χ3v) is 8.01. The lowest BCUT2D eigenvalue weighted by atomic mass is 9.53. The summed E-state index contributed by atoms with van der Waals surface area (Å²) >= 11 is 0. The average molecular weight is 342 g/mol. The number of aromatic nitrogens is 2. The minimum absolute atomic E-state index is 0.265. The summed E-state index contributed by atoms with van der Waals surface area (Å²) in [6, 6.07) is 0.